The fraction of sp³-hybridized carbons (Fsp3) is 0.571. The van der Waals surface area contributed by atoms with Crippen LogP contribution in [0.5, 0.6) is 0 Å². The second-order valence-corrected chi connectivity index (χ2v) is 6.47. The van der Waals surface area contributed by atoms with E-state index in [1.165, 1.54) is 37.7 Å². The highest BCUT2D eigenvalue weighted by molar-refractivity contribution is 14.1. The molecule has 0 amide bonds. The number of hydrogen-bond donors (Lipinski definition) is 1. The first-order chi connectivity index (χ1) is 8.20. The fourth-order valence-electron chi connectivity index (χ4n) is 2.73. The third-order valence-corrected chi connectivity index (χ3v) is 5.31. The van der Waals surface area contributed by atoms with Gasteiger partial charge in [-0.05, 0) is 59.7 Å². The standard InChI is InChI=1S/C14H19ClIN/c1-17-14(8-10-4-2-3-5-10)11-6-7-13(16)12(15)9-11/h6-7,9-10,14,17H,2-5,8H2,1H3. The van der Waals surface area contributed by atoms with Gasteiger partial charge in [0.15, 0.2) is 0 Å². The van der Waals surface area contributed by atoms with Gasteiger partial charge in [-0.15, -0.1) is 0 Å². The van der Waals surface area contributed by atoms with Crippen LogP contribution in [0.4, 0.5) is 0 Å². The molecule has 1 fully saturated rings. The van der Waals surface area contributed by atoms with Crippen molar-refractivity contribution in [3.8, 4) is 0 Å². The van der Waals surface area contributed by atoms with Crippen molar-refractivity contribution >= 4 is 34.2 Å². The normalized spacial score (nSPS) is 18.5. The topological polar surface area (TPSA) is 12.0 Å². The van der Waals surface area contributed by atoms with Crippen LogP contribution in [0.15, 0.2) is 18.2 Å². The van der Waals surface area contributed by atoms with Crippen molar-refractivity contribution in [1.29, 1.82) is 0 Å². The third-order valence-electron chi connectivity index (χ3n) is 3.74. The SMILES string of the molecule is CNC(CC1CCCC1)c1ccc(I)c(Cl)c1. The lowest BCUT2D eigenvalue weighted by atomic mass is 9.94. The molecule has 2 rings (SSSR count). The van der Waals surface area contributed by atoms with E-state index in [0.29, 0.717) is 6.04 Å². The van der Waals surface area contributed by atoms with Crippen LogP contribution >= 0.6 is 34.2 Å². The maximum atomic E-state index is 6.20. The molecule has 1 aromatic carbocycles. The monoisotopic (exact) mass is 363 g/mol. The molecule has 0 aromatic heterocycles. The number of nitrogens with one attached hydrogen (secondary N) is 1. The minimum atomic E-state index is 0.451. The zero-order chi connectivity index (χ0) is 12.3. The van der Waals surface area contributed by atoms with Gasteiger partial charge in [0.05, 0.1) is 5.02 Å². The van der Waals surface area contributed by atoms with Gasteiger partial charge in [-0.2, -0.15) is 0 Å². The van der Waals surface area contributed by atoms with E-state index in [2.05, 4.69) is 46.1 Å². The van der Waals surface area contributed by atoms with Crippen LogP contribution in [0.3, 0.4) is 0 Å². The lowest BCUT2D eigenvalue weighted by Crippen LogP contribution is -2.19. The Labute approximate surface area is 122 Å². The summed E-state index contributed by atoms with van der Waals surface area (Å²) in [6.45, 7) is 0. The molecule has 1 saturated carbocycles. The summed E-state index contributed by atoms with van der Waals surface area (Å²) in [4.78, 5) is 0. The minimum absolute atomic E-state index is 0.451. The first-order valence-corrected chi connectivity index (χ1v) is 7.78. The number of benzene rings is 1. The van der Waals surface area contributed by atoms with Crippen LogP contribution < -0.4 is 5.32 Å². The Morgan fingerprint density at radius 2 is 2.12 bits per heavy atom. The minimum Gasteiger partial charge on any atom is -0.313 e. The molecular formula is C14H19ClIN. The molecule has 0 aliphatic heterocycles. The zero-order valence-corrected chi connectivity index (χ0v) is 13.1. The van der Waals surface area contributed by atoms with E-state index in [1.54, 1.807) is 0 Å². The molecule has 0 radical (unpaired) electrons. The van der Waals surface area contributed by atoms with Crippen LogP contribution in [0.25, 0.3) is 0 Å². The zero-order valence-electron chi connectivity index (χ0n) is 10.2. The highest BCUT2D eigenvalue weighted by atomic mass is 127. The molecule has 1 unspecified atom stereocenters. The second kappa shape index (κ2) is 6.39. The molecule has 1 aliphatic carbocycles. The van der Waals surface area contributed by atoms with Crippen molar-refractivity contribution in [2.24, 2.45) is 5.92 Å². The van der Waals surface area contributed by atoms with Crippen LogP contribution in [-0.2, 0) is 0 Å². The smallest absolute Gasteiger partial charge is 0.0542 e. The molecule has 1 N–H and O–H groups in total. The average Bonchev–Trinajstić information content (AvgIpc) is 2.82. The van der Waals surface area contributed by atoms with E-state index in [0.717, 1.165) is 14.5 Å². The van der Waals surface area contributed by atoms with Crippen LogP contribution in [0.1, 0.15) is 43.7 Å². The van der Waals surface area contributed by atoms with Gasteiger partial charge in [0.25, 0.3) is 0 Å². The molecule has 1 atom stereocenters. The van der Waals surface area contributed by atoms with Crippen LogP contribution in [-0.4, -0.2) is 7.05 Å². The predicted octanol–water partition coefficient (Wildman–Crippen LogP) is 4.79. The lowest BCUT2D eigenvalue weighted by Gasteiger charge is -2.21. The summed E-state index contributed by atoms with van der Waals surface area (Å²) < 4.78 is 1.13. The summed E-state index contributed by atoms with van der Waals surface area (Å²) in [5.41, 5.74) is 1.32. The molecular weight excluding hydrogens is 345 g/mol. The van der Waals surface area contributed by atoms with Gasteiger partial charge in [-0.3, -0.25) is 0 Å². The Bertz CT molecular complexity index is 374. The van der Waals surface area contributed by atoms with Crippen molar-refractivity contribution in [2.45, 2.75) is 38.1 Å². The summed E-state index contributed by atoms with van der Waals surface area (Å²) in [6.07, 6.45) is 6.86. The second-order valence-electron chi connectivity index (χ2n) is 4.90. The molecule has 0 heterocycles. The van der Waals surface area contributed by atoms with E-state index in [1.807, 2.05) is 7.05 Å². The first kappa shape index (κ1) is 13.6. The molecule has 1 aromatic rings. The summed E-state index contributed by atoms with van der Waals surface area (Å²) in [5.74, 6) is 0.894. The van der Waals surface area contributed by atoms with Gasteiger partial charge in [0.1, 0.15) is 0 Å². The highest BCUT2D eigenvalue weighted by Gasteiger charge is 2.20. The molecule has 94 valence electrons. The van der Waals surface area contributed by atoms with Crippen LogP contribution in [0.2, 0.25) is 5.02 Å². The van der Waals surface area contributed by atoms with Crippen molar-refractivity contribution in [1.82, 2.24) is 5.32 Å². The van der Waals surface area contributed by atoms with Gasteiger partial charge in [0, 0.05) is 9.61 Å². The summed E-state index contributed by atoms with van der Waals surface area (Å²) in [5, 5.41) is 4.30. The Hall–Kier alpha value is 0.200. The Kier molecular flexibility index (Phi) is 5.12. The Morgan fingerprint density at radius 3 is 2.71 bits per heavy atom. The van der Waals surface area contributed by atoms with Gasteiger partial charge in [0.2, 0.25) is 0 Å². The largest absolute Gasteiger partial charge is 0.313 e. The third kappa shape index (κ3) is 3.58. The van der Waals surface area contributed by atoms with Crippen molar-refractivity contribution < 1.29 is 0 Å². The number of rotatable bonds is 4. The lowest BCUT2D eigenvalue weighted by molar-refractivity contribution is 0.413. The van der Waals surface area contributed by atoms with Crippen molar-refractivity contribution in [3.05, 3.63) is 32.4 Å². The van der Waals surface area contributed by atoms with Crippen molar-refractivity contribution in [3.63, 3.8) is 0 Å². The van der Waals surface area contributed by atoms with Crippen LogP contribution in [0, 0.1) is 9.49 Å². The molecule has 1 aliphatic rings. The molecule has 3 heteroatoms. The van der Waals surface area contributed by atoms with E-state index < -0.39 is 0 Å². The highest BCUT2D eigenvalue weighted by Crippen LogP contribution is 2.33. The van der Waals surface area contributed by atoms with Gasteiger partial charge < -0.3 is 5.32 Å². The van der Waals surface area contributed by atoms with Crippen molar-refractivity contribution in [2.75, 3.05) is 7.05 Å². The summed E-state index contributed by atoms with van der Waals surface area (Å²) in [6, 6.07) is 6.87. The molecule has 1 nitrogen and oxygen atoms in total. The maximum absolute atomic E-state index is 6.20. The average molecular weight is 364 g/mol. The number of hydrogen-bond acceptors (Lipinski definition) is 1. The first-order valence-electron chi connectivity index (χ1n) is 6.33. The van der Waals surface area contributed by atoms with E-state index >= 15 is 0 Å². The fourth-order valence-corrected chi connectivity index (χ4v) is 3.25. The number of halogens is 2. The van der Waals surface area contributed by atoms with E-state index in [9.17, 15) is 0 Å². The summed E-state index contributed by atoms with van der Waals surface area (Å²) >= 11 is 8.47. The predicted molar refractivity (Wildman–Crippen MR) is 82.5 cm³/mol. The molecule has 0 bridgehead atoms. The molecule has 17 heavy (non-hydrogen) atoms. The molecule has 0 spiro atoms. The maximum Gasteiger partial charge on any atom is 0.0542 e. The molecule has 0 saturated heterocycles. The van der Waals surface area contributed by atoms with E-state index in [4.69, 9.17) is 11.6 Å². The van der Waals surface area contributed by atoms with Gasteiger partial charge in [-0.1, -0.05) is 43.4 Å². The Balaban J connectivity index is 2.08. The van der Waals surface area contributed by atoms with Gasteiger partial charge in [-0.25, -0.2) is 0 Å². The van der Waals surface area contributed by atoms with E-state index in [-0.39, 0.29) is 0 Å². The summed E-state index contributed by atoms with van der Waals surface area (Å²) in [7, 11) is 2.05. The Morgan fingerprint density at radius 1 is 1.41 bits per heavy atom. The van der Waals surface area contributed by atoms with Gasteiger partial charge >= 0.3 is 0 Å². The quantitative estimate of drug-likeness (QED) is 0.759.